The Labute approximate surface area is 211 Å². The van der Waals surface area contributed by atoms with Crippen LogP contribution in [0.25, 0.3) is 11.1 Å². The predicted molar refractivity (Wildman–Crippen MR) is 141 cm³/mol. The van der Waals surface area contributed by atoms with E-state index in [0.717, 1.165) is 36.8 Å². The van der Waals surface area contributed by atoms with Gasteiger partial charge in [-0.15, -0.1) is 0 Å². The lowest BCUT2D eigenvalue weighted by Gasteiger charge is -2.10. The Morgan fingerprint density at radius 3 is 1.66 bits per heavy atom. The number of ether oxygens (including phenoxy) is 3. The van der Waals surface area contributed by atoms with Crippen LogP contribution in [0, 0.1) is 0 Å². The molecule has 0 saturated carbocycles. The van der Waals surface area contributed by atoms with Gasteiger partial charge in [0.05, 0.1) is 20.8 Å². The first-order valence-corrected chi connectivity index (χ1v) is 13.0. The third-order valence-corrected chi connectivity index (χ3v) is 6.31. The van der Waals surface area contributed by atoms with Crippen molar-refractivity contribution in [3.05, 3.63) is 67.3 Å². The lowest BCUT2D eigenvalue weighted by Crippen LogP contribution is -2.32. The molecule has 0 amide bonds. The quantitative estimate of drug-likeness (QED) is 0.155. The minimum Gasteiger partial charge on any atom is -0.496 e. The summed E-state index contributed by atoms with van der Waals surface area (Å²) >= 11 is 0. The molecule has 1 aromatic carbocycles. The van der Waals surface area contributed by atoms with Gasteiger partial charge in [-0.2, -0.15) is 0 Å². The number of aromatic nitrogens is 2. The molecule has 0 atom stereocenters. The Kier molecular flexibility index (Phi) is 11.9. The fraction of sp³-hybridized carbons (Fsp3) is 0.467. The highest BCUT2D eigenvalue weighted by Gasteiger charge is 2.04. The molecular formula is C30H41N2O3+. The van der Waals surface area contributed by atoms with Crippen LogP contribution in [0.5, 0.6) is 17.2 Å². The van der Waals surface area contributed by atoms with Gasteiger partial charge >= 0.3 is 0 Å². The maximum atomic E-state index is 5.87. The molecule has 188 valence electrons. The minimum absolute atomic E-state index is 0.737. The van der Waals surface area contributed by atoms with Crippen molar-refractivity contribution in [2.24, 2.45) is 0 Å². The summed E-state index contributed by atoms with van der Waals surface area (Å²) in [6, 6.07) is 14.2. The number of hydrogen-bond acceptors (Lipinski definition) is 4. The van der Waals surface area contributed by atoms with Gasteiger partial charge in [0.25, 0.3) is 0 Å². The van der Waals surface area contributed by atoms with Crippen molar-refractivity contribution in [1.82, 2.24) is 4.98 Å². The third-order valence-electron chi connectivity index (χ3n) is 6.31. The maximum absolute atomic E-state index is 5.87. The second-order valence-electron chi connectivity index (χ2n) is 8.99. The molecule has 0 aliphatic heterocycles. The topological polar surface area (TPSA) is 44.5 Å². The summed E-state index contributed by atoms with van der Waals surface area (Å²) in [7, 11) is 3.31. The number of methoxy groups -OCH3 is 2. The molecule has 3 rings (SSSR count). The molecule has 0 saturated heterocycles. The van der Waals surface area contributed by atoms with E-state index in [1.807, 2.05) is 30.6 Å². The van der Waals surface area contributed by atoms with E-state index in [9.17, 15) is 0 Å². The van der Waals surface area contributed by atoms with E-state index >= 15 is 0 Å². The van der Waals surface area contributed by atoms with Crippen LogP contribution in [-0.2, 0) is 6.54 Å². The molecule has 0 fully saturated rings. The SMILES string of the molecule is COc1cc(OC)cc(OCCCCCCCCCCCC[n+]2ccc(-c3ccncc3)cc2)c1. The first kappa shape index (κ1) is 26.5. The number of rotatable bonds is 17. The normalized spacial score (nSPS) is 10.8. The van der Waals surface area contributed by atoms with Gasteiger partial charge in [-0.1, -0.05) is 44.9 Å². The van der Waals surface area contributed by atoms with Crippen LogP contribution in [0.2, 0.25) is 0 Å². The van der Waals surface area contributed by atoms with Crippen LogP contribution in [0.4, 0.5) is 0 Å². The highest BCUT2D eigenvalue weighted by atomic mass is 16.5. The summed E-state index contributed by atoms with van der Waals surface area (Å²) in [6.07, 6.45) is 20.9. The Balaban J connectivity index is 1.14. The molecule has 0 bridgehead atoms. The molecule has 0 unspecified atom stereocenters. The number of unbranched alkanes of at least 4 members (excludes halogenated alkanes) is 9. The summed E-state index contributed by atoms with van der Waals surface area (Å²) in [5.41, 5.74) is 2.46. The van der Waals surface area contributed by atoms with Crippen LogP contribution in [0.15, 0.2) is 67.3 Å². The van der Waals surface area contributed by atoms with E-state index in [4.69, 9.17) is 14.2 Å². The fourth-order valence-electron chi connectivity index (χ4n) is 4.21. The molecule has 2 heterocycles. The minimum atomic E-state index is 0.737. The van der Waals surface area contributed by atoms with Crippen LogP contribution >= 0.6 is 0 Å². The van der Waals surface area contributed by atoms with Gasteiger partial charge in [-0.3, -0.25) is 4.98 Å². The molecule has 5 heteroatoms. The number of aryl methyl sites for hydroxylation is 1. The van der Waals surface area contributed by atoms with Crippen molar-refractivity contribution in [2.45, 2.75) is 70.8 Å². The van der Waals surface area contributed by atoms with E-state index in [-0.39, 0.29) is 0 Å². The van der Waals surface area contributed by atoms with Crippen molar-refractivity contribution >= 4 is 0 Å². The molecule has 5 nitrogen and oxygen atoms in total. The number of benzene rings is 1. The van der Waals surface area contributed by atoms with Gasteiger partial charge in [-0.05, 0) is 36.1 Å². The van der Waals surface area contributed by atoms with Gasteiger partial charge in [0, 0.05) is 49.1 Å². The summed E-state index contributed by atoms with van der Waals surface area (Å²) in [6.45, 7) is 1.84. The molecule has 3 aromatic rings. The molecule has 0 N–H and O–H groups in total. The van der Waals surface area contributed by atoms with Crippen molar-refractivity contribution in [3.8, 4) is 28.4 Å². The number of pyridine rings is 2. The molecule has 0 spiro atoms. The summed E-state index contributed by atoms with van der Waals surface area (Å²) in [5.74, 6) is 2.32. The van der Waals surface area contributed by atoms with Crippen LogP contribution < -0.4 is 18.8 Å². The summed E-state index contributed by atoms with van der Waals surface area (Å²) in [5, 5.41) is 0. The second-order valence-corrected chi connectivity index (χ2v) is 8.99. The van der Waals surface area contributed by atoms with Crippen molar-refractivity contribution in [3.63, 3.8) is 0 Å². The second kappa shape index (κ2) is 15.8. The molecule has 0 radical (unpaired) electrons. The lowest BCUT2D eigenvalue weighted by atomic mass is 10.1. The first-order chi connectivity index (χ1) is 17.3. The maximum Gasteiger partial charge on any atom is 0.169 e. The molecular weight excluding hydrogens is 436 g/mol. The standard InChI is InChI=1S/C30H41N2O3/c1-33-28-23-29(34-2)25-30(24-28)35-22-12-10-8-6-4-3-5-7-9-11-19-32-20-15-27(16-21-32)26-13-17-31-18-14-26/h13-18,20-21,23-25H,3-12,19,22H2,1-2H3/q+1. The smallest absolute Gasteiger partial charge is 0.169 e. The highest BCUT2D eigenvalue weighted by Crippen LogP contribution is 2.27. The van der Waals surface area contributed by atoms with Gasteiger partial charge in [0.15, 0.2) is 12.4 Å². The lowest BCUT2D eigenvalue weighted by molar-refractivity contribution is -0.697. The van der Waals surface area contributed by atoms with Gasteiger partial charge in [0.1, 0.15) is 23.8 Å². The van der Waals surface area contributed by atoms with Crippen LogP contribution in [-0.4, -0.2) is 25.8 Å². The average Bonchev–Trinajstić information content (AvgIpc) is 2.91. The third kappa shape index (κ3) is 9.97. The van der Waals surface area contributed by atoms with E-state index in [1.165, 1.54) is 68.9 Å². The van der Waals surface area contributed by atoms with Crippen molar-refractivity contribution in [2.75, 3.05) is 20.8 Å². The number of hydrogen-bond donors (Lipinski definition) is 0. The fourth-order valence-corrected chi connectivity index (χ4v) is 4.21. The molecule has 0 aliphatic rings. The van der Waals surface area contributed by atoms with E-state index in [2.05, 4.69) is 46.2 Å². The molecule has 35 heavy (non-hydrogen) atoms. The highest BCUT2D eigenvalue weighted by molar-refractivity contribution is 5.61. The van der Waals surface area contributed by atoms with Crippen molar-refractivity contribution in [1.29, 1.82) is 0 Å². The van der Waals surface area contributed by atoms with Gasteiger partial charge < -0.3 is 14.2 Å². The van der Waals surface area contributed by atoms with E-state index in [0.29, 0.717) is 0 Å². The zero-order valence-corrected chi connectivity index (χ0v) is 21.5. The van der Waals surface area contributed by atoms with Gasteiger partial charge in [-0.25, -0.2) is 4.57 Å². The zero-order chi connectivity index (χ0) is 24.6. The van der Waals surface area contributed by atoms with E-state index in [1.54, 1.807) is 14.2 Å². The van der Waals surface area contributed by atoms with E-state index < -0.39 is 0 Å². The summed E-state index contributed by atoms with van der Waals surface area (Å²) < 4.78 is 18.7. The predicted octanol–water partition coefficient (Wildman–Crippen LogP) is 7.03. The average molecular weight is 478 g/mol. The molecule has 2 aromatic heterocycles. The zero-order valence-electron chi connectivity index (χ0n) is 21.5. The van der Waals surface area contributed by atoms with Crippen molar-refractivity contribution < 1.29 is 18.8 Å². The van der Waals surface area contributed by atoms with Crippen LogP contribution in [0.3, 0.4) is 0 Å². The Morgan fingerprint density at radius 1 is 0.600 bits per heavy atom. The van der Waals surface area contributed by atoms with Gasteiger partial charge in [0.2, 0.25) is 0 Å². The number of nitrogens with zero attached hydrogens (tertiary/aromatic N) is 2. The Morgan fingerprint density at radius 2 is 1.09 bits per heavy atom. The molecule has 0 aliphatic carbocycles. The summed E-state index contributed by atoms with van der Waals surface area (Å²) in [4.78, 5) is 4.09. The largest absolute Gasteiger partial charge is 0.496 e. The van der Waals surface area contributed by atoms with Crippen LogP contribution in [0.1, 0.15) is 64.2 Å². The monoisotopic (exact) mass is 477 g/mol. The Hall–Kier alpha value is -3.08. The Bertz CT molecular complexity index is 939. The first-order valence-electron chi connectivity index (χ1n) is 13.0.